The lowest BCUT2D eigenvalue weighted by atomic mass is 9.95. The quantitative estimate of drug-likeness (QED) is 0.471. The standard InChI is InChI=1S/C26H35ClN4O6S2/c1-29-14-16-30(17-15-29)38(33,34)22-10-8-20(9-11-22)28-26(32)19-31(21-6-4-3-5-7-21)39(35,36)23-12-13-25(37-2)24(27)18-23/h8-13,18,21H,3-7,14-17,19H2,1-2H3,(H,28,32). The Hall–Kier alpha value is -2.22. The minimum absolute atomic E-state index is 0.00913. The molecule has 1 amide bonds. The fraction of sp³-hybridized carbons (Fsp3) is 0.500. The first-order chi connectivity index (χ1) is 18.5. The van der Waals surface area contributed by atoms with Gasteiger partial charge < -0.3 is 15.0 Å². The third-order valence-electron chi connectivity index (χ3n) is 7.25. The zero-order valence-corrected chi connectivity index (χ0v) is 24.6. The van der Waals surface area contributed by atoms with E-state index in [0.29, 0.717) is 50.5 Å². The van der Waals surface area contributed by atoms with Crippen molar-refractivity contribution in [1.29, 1.82) is 0 Å². The molecule has 4 rings (SSSR count). The van der Waals surface area contributed by atoms with E-state index in [-0.39, 0.29) is 27.4 Å². The van der Waals surface area contributed by atoms with E-state index in [0.717, 1.165) is 19.3 Å². The molecule has 1 saturated heterocycles. The van der Waals surface area contributed by atoms with Crippen molar-refractivity contribution in [1.82, 2.24) is 13.5 Å². The first-order valence-electron chi connectivity index (χ1n) is 13.0. The van der Waals surface area contributed by atoms with Crippen molar-refractivity contribution < 1.29 is 26.4 Å². The number of nitrogens with one attached hydrogen (secondary N) is 1. The highest BCUT2D eigenvalue weighted by atomic mass is 35.5. The van der Waals surface area contributed by atoms with Gasteiger partial charge in [0.2, 0.25) is 26.0 Å². The largest absolute Gasteiger partial charge is 0.495 e. The van der Waals surface area contributed by atoms with Gasteiger partial charge in [-0.05, 0) is 62.4 Å². The fourth-order valence-corrected chi connectivity index (χ4v) is 8.36. The molecule has 2 aromatic carbocycles. The molecular weight excluding hydrogens is 564 g/mol. The van der Waals surface area contributed by atoms with Crippen molar-refractivity contribution >= 4 is 43.2 Å². The molecule has 2 fully saturated rings. The molecule has 0 spiro atoms. The minimum Gasteiger partial charge on any atom is -0.495 e. The second-order valence-electron chi connectivity index (χ2n) is 9.92. The van der Waals surface area contributed by atoms with Crippen molar-refractivity contribution in [3.8, 4) is 5.75 Å². The van der Waals surface area contributed by atoms with E-state index >= 15 is 0 Å². The molecular formula is C26H35ClN4O6S2. The summed E-state index contributed by atoms with van der Waals surface area (Å²) in [5.41, 5.74) is 0.380. The summed E-state index contributed by atoms with van der Waals surface area (Å²) in [6.45, 7) is 1.79. The molecule has 2 aromatic rings. The van der Waals surface area contributed by atoms with Crippen LogP contribution in [0, 0.1) is 0 Å². The van der Waals surface area contributed by atoms with Gasteiger partial charge in [0, 0.05) is 37.9 Å². The molecule has 214 valence electrons. The van der Waals surface area contributed by atoms with Gasteiger partial charge in [0.05, 0.1) is 28.5 Å². The maximum absolute atomic E-state index is 13.7. The molecule has 0 radical (unpaired) electrons. The molecule has 13 heteroatoms. The van der Waals surface area contributed by atoms with Crippen LogP contribution in [0.2, 0.25) is 5.02 Å². The number of likely N-dealkylation sites (N-methyl/N-ethyl adjacent to an activating group) is 1. The van der Waals surface area contributed by atoms with E-state index in [1.54, 1.807) is 0 Å². The van der Waals surface area contributed by atoms with Gasteiger partial charge in [-0.2, -0.15) is 8.61 Å². The highest BCUT2D eigenvalue weighted by molar-refractivity contribution is 7.89. The van der Waals surface area contributed by atoms with Crippen molar-refractivity contribution in [3.05, 3.63) is 47.5 Å². The molecule has 0 atom stereocenters. The highest BCUT2D eigenvalue weighted by Gasteiger charge is 2.34. The average Bonchev–Trinajstić information content (AvgIpc) is 2.92. The van der Waals surface area contributed by atoms with E-state index in [1.807, 2.05) is 7.05 Å². The number of carbonyl (C=O) groups excluding carboxylic acids is 1. The third-order valence-corrected chi connectivity index (χ3v) is 11.4. The molecule has 1 saturated carbocycles. The summed E-state index contributed by atoms with van der Waals surface area (Å²) in [5, 5.41) is 2.89. The number of carbonyl (C=O) groups is 1. The van der Waals surface area contributed by atoms with Crippen LogP contribution in [-0.4, -0.2) is 89.2 Å². The monoisotopic (exact) mass is 598 g/mol. The molecule has 39 heavy (non-hydrogen) atoms. The number of piperazine rings is 1. The number of rotatable bonds is 9. The SMILES string of the molecule is COc1ccc(S(=O)(=O)N(CC(=O)Nc2ccc(S(=O)(=O)N3CCN(C)CC3)cc2)C2CCCCC2)cc1Cl. The number of methoxy groups -OCH3 is 1. The van der Waals surface area contributed by atoms with E-state index < -0.39 is 26.0 Å². The van der Waals surface area contributed by atoms with Crippen molar-refractivity contribution in [2.45, 2.75) is 47.9 Å². The van der Waals surface area contributed by atoms with Gasteiger partial charge in [-0.15, -0.1) is 0 Å². The van der Waals surface area contributed by atoms with E-state index in [9.17, 15) is 21.6 Å². The van der Waals surface area contributed by atoms with E-state index in [1.165, 1.54) is 58.2 Å². The van der Waals surface area contributed by atoms with E-state index in [2.05, 4.69) is 10.2 Å². The van der Waals surface area contributed by atoms with Crippen LogP contribution >= 0.6 is 11.6 Å². The Kier molecular flexibility index (Phi) is 9.56. The lowest BCUT2D eigenvalue weighted by Crippen LogP contribution is -2.47. The number of nitrogens with zero attached hydrogens (tertiary/aromatic N) is 3. The second kappa shape index (κ2) is 12.5. The Morgan fingerprint density at radius 1 is 0.974 bits per heavy atom. The Bertz CT molecular complexity index is 1370. The number of hydrogen-bond donors (Lipinski definition) is 1. The summed E-state index contributed by atoms with van der Waals surface area (Å²) < 4.78 is 61.2. The lowest BCUT2D eigenvalue weighted by Gasteiger charge is -2.33. The van der Waals surface area contributed by atoms with Crippen molar-refractivity contribution in [3.63, 3.8) is 0 Å². The fourth-order valence-electron chi connectivity index (χ4n) is 4.95. The lowest BCUT2D eigenvalue weighted by molar-refractivity contribution is -0.116. The number of halogens is 1. The summed E-state index contributed by atoms with van der Waals surface area (Å²) in [4.78, 5) is 15.3. The van der Waals surface area contributed by atoms with Gasteiger partial charge in [0.25, 0.3) is 0 Å². The maximum atomic E-state index is 13.7. The van der Waals surface area contributed by atoms with Gasteiger partial charge in [-0.3, -0.25) is 4.79 Å². The molecule has 1 N–H and O–H groups in total. The molecule has 0 unspecified atom stereocenters. The molecule has 1 aliphatic carbocycles. The highest BCUT2D eigenvalue weighted by Crippen LogP contribution is 2.32. The molecule has 0 aromatic heterocycles. The Balaban J connectivity index is 1.49. The number of sulfonamides is 2. The maximum Gasteiger partial charge on any atom is 0.243 e. The van der Waals surface area contributed by atoms with Crippen LogP contribution < -0.4 is 10.1 Å². The van der Waals surface area contributed by atoms with E-state index in [4.69, 9.17) is 16.3 Å². The van der Waals surface area contributed by atoms with Crippen LogP contribution in [-0.2, 0) is 24.8 Å². The smallest absolute Gasteiger partial charge is 0.243 e. The summed E-state index contributed by atoms with van der Waals surface area (Å²) >= 11 is 6.20. The van der Waals surface area contributed by atoms with Crippen LogP contribution in [0.1, 0.15) is 32.1 Å². The van der Waals surface area contributed by atoms with Gasteiger partial charge in [0.1, 0.15) is 5.75 Å². The number of anilines is 1. The first kappa shape index (κ1) is 29.8. The zero-order valence-electron chi connectivity index (χ0n) is 22.2. The molecule has 1 aliphatic heterocycles. The van der Waals surface area contributed by atoms with Gasteiger partial charge >= 0.3 is 0 Å². The van der Waals surface area contributed by atoms with Crippen LogP contribution in [0.15, 0.2) is 52.3 Å². The van der Waals surface area contributed by atoms with Gasteiger partial charge in [-0.1, -0.05) is 30.9 Å². The Labute approximate surface area is 236 Å². The number of hydrogen-bond acceptors (Lipinski definition) is 7. The molecule has 0 bridgehead atoms. The summed E-state index contributed by atoms with van der Waals surface area (Å²) in [6.07, 6.45) is 4.11. The normalized spacial score (nSPS) is 18.3. The first-order valence-corrected chi connectivity index (χ1v) is 16.2. The zero-order chi connectivity index (χ0) is 28.2. The predicted molar refractivity (Wildman–Crippen MR) is 150 cm³/mol. The van der Waals surface area contributed by atoms with Crippen LogP contribution in [0.25, 0.3) is 0 Å². The second-order valence-corrected chi connectivity index (χ2v) is 14.2. The number of amides is 1. The number of benzene rings is 2. The minimum atomic E-state index is -4.03. The summed E-state index contributed by atoms with van der Waals surface area (Å²) in [7, 11) is -4.27. The topological polar surface area (TPSA) is 116 Å². The number of ether oxygens (including phenoxy) is 1. The Morgan fingerprint density at radius 2 is 1.59 bits per heavy atom. The Morgan fingerprint density at radius 3 is 2.18 bits per heavy atom. The van der Waals surface area contributed by atoms with Crippen LogP contribution in [0.5, 0.6) is 5.75 Å². The summed E-state index contributed by atoms with van der Waals surface area (Å²) in [5.74, 6) is -0.158. The summed E-state index contributed by atoms with van der Waals surface area (Å²) in [6, 6.07) is 9.89. The van der Waals surface area contributed by atoms with Gasteiger partial charge in [-0.25, -0.2) is 16.8 Å². The molecule has 10 nitrogen and oxygen atoms in total. The predicted octanol–water partition coefficient (Wildman–Crippen LogP) is 3.25. The third kappa shape index (κ3) is 6.93. The van der Waals surface area contributed by atoms with Crippen molar-refractivity contribution in [2.24, 2.45) is 0 Å². The van der Waals surface area contributed by atoms with Crippen LogP contribution in [0.3, 0.4) is 0 Å². The van der Waals surface area contributed by atoms with Gasteiger partial charge in [0.15, 0.2) is 0 Å². The molecule has 1 heterocycles. The van der Waals surface area contributed by atoms with Crippen LogP contribution in [0.4, 0.5) is 5.69 Å². The molecule has 2 aliphatic rings. The van der Waals surface area contributed by atoms with Crippen molar-refractivity contribution in [2.75, 3.05) is 52.2 Å². The average molecular weight is 599 g/mol.